The number of carbonyl (C=O) groups excluding carboxylic acids is 1. The van der Waals surface area contributed by atoms with E-state index in [9.17, 15) is 13.2 Å². The number of sulfonamides is 1. The van der Waals surface area contributed by atoms with Crippen molar-refractivity contribution in [2.45, 2.75) is 18.9 Å². The first-order valence-electron chi connectivity index (χ1n) is 6.94. The van der Waals surface area contributed by atoms with Gasteiger partial charge in [0, 0.05) is 17.5 Å². The second kappa shape index (κ2) is 6.89. The van der Waals surface area contributed by atoms with Crippen molar-refractivity contribution < 1.29 is 13.2 Å². The van der Waals surface area contributed by atoms with Gasteiger partial charge in [-0.15, -0.1) is 22.7 Å². The molecule has 3 heterocycles. The fraction of sp³-hybridized carbons (Fsp3) is 0.385. The van der Waals surface area contributed by atoms with Gasteiger partial charge in [-0.3, -0.25) is 4.79 Å². The Balaban J connectivity index is 1.75. The molecule has 2 aromatic rings. The van der Waals surface area contributed by atoms with Crippen molar-refractivity contribution in [3.8, 4) is 11.3 Å². The zero-order chi connectivity index (χ0) is 17.5. The molecule has 1 saturated heterocycles. The Kier molecular flexibility index (Phi) is 5.19. The Hall–Kier alpha value is -0.710. The summed E-state index contributed by atoms with van der Waals surface area (Å²) in [4.78, 5) is 16.7. The van der Waals surface area contributed by atoms with E-state index in [-0.39, 0.29) is 5.91 Å². The van der Waals surface area contributed by atoms with Gasteiger partial charge in [-0.25, -0.2) is 13.4 Å². The van der Waals surface area contributed by atoms with Gasteiger partial charge in [0.2, 0.25) is 15.9 Å². The first-order chi connectivity index (χ1) is 11.3. The maximum absolute atomic E-state index is 12.4. The molecular weight excluding hydrogens is 413 g/mol. The molecule has 0 aliphatic carbocycles. The largest absolute Gasteiger partial charge is 0.301 e. The minimum atomic E-state index is -3.40. The molecule has 1 aliphatic rings. The standard InChI is InChI=1S/C13H13Cl2N3O3S3/c1-24(20,21)18-4-2-3-9(18)12(19)17-13-16-8(6-22-13)7-5-10(14)23-11(7)15/h5-6,9H,2-4H2,1H3,(H,16,17,19)/t9-/m1/s1. The molecule has 0 bridgehead atoms. The van der Waals surface area contributed by atoms with Gasteiger partial charge in [0.15, 0.2) is 5.13 Å². The Morgan fingerprint density at radius 2 is 2.21 bits per heavy atom. The predicted molar refractivity (Wildman–Crippen MR) is 98.6 cm³/mol. The normalized spacial score (nSPS) is 18.9. The van der Waals surface area contributed by atoms with E-state index in [0.29, 0.717) is 44.4 Å². The van der Waals surface area contributed by atoms with Gasteiger partial charge < -0.3 is 5.32 Å². The van der Waals surface area contributed by atoms with Gasteiger partial charge in [0.05, 0.1) is 16.3 Å². The number of carbonyl (C=O) groups is 1. The van der Waals surface area contributed by atoms with Crippen LogP contribution in [0, 0.1) is 0 Å². The zero-order valence-corrected chi connectivity index (χ0v) is 16.4. The number of thiophene rings is 1. The lowest BCUT2D eigenvalue weighted by Gasteiger charge is -2.20. The summed E-state index contributed by atoms with van der Waals surface area (Å²) in [6, 6.07) is 1.03. The van der Waals surface area contributed by atoms with E-state index in [1.807, 2.05) is 0 Å². The molecule has 11 heteroatoms. The summed E-state index contributed by atoms with van der Waals surface area (Å²) in [6.45, 7) is 0.364. The smallest absolute Gasteiger partial charge is 0.244 e. The second-order valence-corrected chi connectivity index (χ2v) is 10.4. The fourth-order valence-electron chi connectivity index (χ4n) is 2.56. The number of hydrogen-bond acceptors (Lipinski definition) is 6. The van der Waals surface area contributed by atoms with Gasteiger partial charge in [-0.2, -0.15) is 4.31 Å². The van der Waals surface area contributed by atoms with Crippen molar-refractivity contribution >= 4 is 66.9 Å². The lowest BCUT2D eigenvalue weighted by atomic mass is 10.2. The van der Waals surface area contributed by atoms with Crippen LogP contribution in [0.25, 0.3) is 11.3 Å². The molecule has 1 fully saturated rings. The number of amides is 1. The van der Waals surface area contributed by atoms with Crippen molar-refractivity contribution in [3.63, 3.8) is 0 Å². The third kappa shape index (κ3) is 3.76. The summed E-state index contributed by atoms with van der Waals surface area (Å²) in [7, 11) is -3.40. The lowest BCUT2D eigenvalue weighted by molar-refractivity contribution is -0.119. The molecule has 0 unspecified atom stereocenters. The van der Waals surface area contributed by atoms with Crippen LogP contribution in [-0.4, -0.2) is 42.5 Å². The van der Waals surface area contributed by atoms with E-state index in [2.05, 4.69) is 10.3 Å². The first-order valence-corrected chi connectivity index (χ1v) is 11.2. The quantitative estimate of drug-likeness (QED) is 0.811. The average molecular weight is 426 g/mol. The monoisotopic (exact) mass is 425 g/mol. The molecule has 2 aromatic heterocycles. The van der Waals surface area contributed by atoms with Crippen LogP contribution < -0.4 is 5.32 Å². The molecule has 0 spiro atoms. The van der Waals surface area contributed by atoms with Crippen LogP contribution in [0.3, 0.4) is 0 Å². The number of rotatable bonds is 4. The van der Waals surface area contributed by atoms with Crippen molar-refractivity contribution in [1.82, 2.24) is 9.29 Å². The van der Waals surface area contributed by atoms with Gasteiger partial charge in [-0.1, -0.05) is 23.2 Å². The Bertz CT molecular complexity index is 878. The number of halogens is 2. The predicted octanol–water partition coefficient (Wildman–Crippen LogP) is 3.54. The van der Waals surface area contributed by atoms with E-state index in [1.54, 1.807) is 11.4 Å². The van der Waals surface area contributed by atoms with Crippen molar-refractivity contribution in [2.24, 2.45) is 0 Å². The number of hydrogen-bond donors (Lipinski definition) is 1. The minimum Gasteiger partial charge on any atom is -0.301 e. The maximum Gasteiger partial charge on any atom is 0.244 e. The summed E-state index contributed by atoms with van der Waals surface area (Å²) in [5.41, 5.74) is 1.33. The lowest BCUT2D eigenvalue weighted by Crippen LogP contribution is -2.42. The highest BCUT2D eigenvalue weighted by Gasteiger charge is 2.36. The second-order valence-electron chi connectivity index (χ2n) is 5.30. The van der Waals surface area contributed by atoms with Crippen molar-refractivity contribution in [2.75, 3.05) is 18.1 Å². The first kappa shape index (κ1) is 18.1. The molecule has 1 aliphatic heterocycles. The van der Waals surface area contributed by atoms with Crippen LogP contribution >= 0.6 is 45.9 Å². The Labute approximate surface area is 157 Å². The Morgan fingerprint density at radius 3 is 2.83 bits per heavy atom. The van der Waals surface area contributed by atoms with E-state index in [4.69, 9.17) is 23.2 Å². The molecule has 130 valence electrons. The number of nitrogens with zero attached hydrogens (tertiary/aromatic N) is 2. The van der Waals surface area contributed by atoms with Gasteiger partial charge in [-0.05, 0) is 18.9 Å². The van der Waals surface area contributed by atoms with Gasteiger partial charge in [0.1, 0.15) is 10.4 Å². The van der Waals surface area contributed by atoms with E-state index in [1.165, 1.54) is 27.0 Å². The van der Waals surface area contributed by atoms with E-state index < -0.39 is 16.1 Å². The highest BCUT2D eigenvalue weighted by Crippen LogP contribution is 2.39. The summed E-state index contributed by atoms with van der Waals surface area (Å²) >= 11 is 14.5. The van der Waals surface area contributed by atoms with Crippen LogP contribution in [0.1, 0.15) is 12.8 Å². The minimum absolute atomic E-state index is 0.364. The van der Waals surface area contributed by atoms with Crippen LogP contribution in [0.2, 0.25) is 8.67 Å². The molecule has 6 nitrogen and oxygen atoms in total. The van der Waals surface area contributed by atoms with Crippen LogP contribution in [-0.2, 0) is 14.8 Å². The fourth-order valence-corrected chi connectivity index (χ4v) is 5.88. The van der Waals surface area contributed by atoms with Gasteiger partial charge >= 0.3 is 0 Å². The molecule has 3 rings (SSSR count). The van der Waals surface area contributed by atoms with Crippen LogP contribution in [0.15, 0.2) is 11.4 Å². The summed E-state index contributed by atoms with van der Waals surface area (Å²) in [5, 5.41) is 4.86. The number of nitrogens with one attached hydrogen (secondary N) is 1. The van der Waals surface area contributed by atoms with E-state index >= 15 is 0 Å². The molecular formula is C13H13Cl2N3O3S3. The summed E-state index contributed by atoms with van der Waals surface area (Å²) in [6.07, 6.45) is 2.28. The van der Waals surface area contributed by atoms with Crippen molar-refractivity contribution in [3.05, 3.63) is 20.1 Å². The SMILES string of the molecule is CS(=O)(=O)N1CCC[C@@H]1C(=O)Nc1nc(-c2cc(Cl)sc2Cl)cs1. The highest BCUT2D eigenvalue weighted by molar-refractivity contribution is 7.88. The highest BCUT2D eigenvalue weighted by atomic mass is 35.5. The van der Waals surface area contributed by atoms with Crippen LogP contribution in [0.4, 0.5) is 5.13 Å². The summed E-state index contributed by atoms with van der Waals surface area (Å²) in [5.74, 6) is -0.367. The molecule has 1 amide bonds. The Morgan fingerprint density at radius 1 is 1.46 bits per heavy atom. The number of thiazole rings is 1. The molecule has 0 aromatic carbocycles. The van der Waals surface area contributed by atoms with Gasteiger partial charge in [0.25, 0.3) is 0 Å². The maximum atomic E-state index is 12.4. The number of anilines is 1. The van der Waals surface area contributed by atoms with E-state index in [0.717, 1.165) is 6.26 Å². The molecule has 0 saturated carbocycles. The molecule has 0 radical (unpaired) electrons. The van der Waals surface area contributed by atoms with Crippen molar-refractivity contribution in [1.29, 1.82) is 0 Å². The topological polar surface area (TPSA) is 79.4 Å². The third-order valence-corrected chi connectivity index (χ3v) is 7.13. The zero-order valence-electron chi connectivity index (χ0n) is 12.5. The molecule has 24 heavy (non-hydrogen) atoms. The number of aromatic nitrogens is 1. The summed E-state index contributed by atoms with van der Waals surface area (Å²) < 4.78 is 25.8. The van der Waals surface area contributed by atoms with Crippen LogP contribution in [0.5, 0.6) is 0 Å². The average Bonchev–Trinajstić information content (AvgIpc) is 3.17. The molecule has 1 N–H and O–H groups in total. The molecule has 1 atom stereocenters. The third-order valence-electron chi connectivity index (χ3n) is 3.60.